The van der Waals surface area contributed by atoms with Crippen LogP contribution in [0.1, 0.15) is 42.7 Å². The van der Waals surface area contributed by atoms with Crippen molar-refractivity contribution in [2.24, 2.45) is 11.8 Å². The number of hydrogen-bond donors (Lipinski definition) is 4. The fourth-order valence-electron chi connectivity index (χ4n) is 4.92. The van der Waals surface area contributed by atoms with Gasteiger partial charge in [0.1, 0.15) is 6.61 Å². The molecule has 0 saturated heterocycles. The van der Waals surface area contributed by atoms with Gasteiger partial charge < -0.3 is 25.6 Å². The van der Waals surface area contributed by atoms with Gasteiger partial charge in [-0.25, -0.2) is 4.79 Å². The van der Waals surface area contributed by atoms with Crippen LogP contribution in [0.3, 0.4) is 0 Å². The molecule has 8 heteroatoms. The molecule has 2 amide bonds. The highest BCUT2D eigenvalue weighted by Gasteiger charge is 2.31. The SMILES string of the molecule is O=C(O)CC1CC(CNC(=O)CC(O)CNC(=O)OCC2c3ccccc3-c3ccccc32)C1. The van der Waals surface area contributed by atoms with Crippen molar-refractivity contribution in [1.82, 2.24) is 10.6 Å². The predicted octanol–water partition coefficient (Wildman–Crippen LogP) is 2.89. The Morgan fingerprint density at radius 1 is 0.941 bits per heavy atom. The van der Waals surface area contributed by atoms with Gasteiger partial charge in [0, 0.05) is 25.4 Å². The molecule has 2 aliphatic carbocycles. The van der Waals surface area contributed by atoms with E-state index in [9.17, 15) is 19.5 Å². The van der Waals surface area contributed by atoms with Crippen LogP contribution < -0.4 is 10.6 Å². The second-order valence-electron chi connectivity index (χ2n) is 9.17. The third-order valence-corrected chi connectivity index (χ3v) is 6.63. The third kappa shape index (κ3) is 5.75. The van der Waals surface area contributed by atoms with Crippen molar-refractivity contribution in [3.8, 4) is 11.1 Å². The molecule has 1 atom stereocenters. The first-order chi connectivity index (χ1) is 16.4. The second kappa shape index (κ2) is 10.7. The number of carboxylic acid groups (broad SMARTS) is 1. The minimum absolute atomic E-state index is 0.0459. The van der Waals surface area contributed by atoms with Gasteiger partial charge >= 0.3 is 12.1 Å². The largest absolute Gasteiger partial charge is 0.481 e. The van der Waals surface area contributed by atoms with Gasteiger partial charge in [-0.3, -0.25) is 9.59 Å². The topological polar surface area (TPSA) is 125 Å². The number of amides is 2. The van der Waals surface area contributed by atoms with Gasteiger partial charge in [0.15, 0.2) is 0 Å². The average molecular weight is 467 g/mol. The molecular weight excluding hydrogens is 436 g/mol. The van der Waals surface area contributed by atoms with Crippen LogP contribution in [0.15, 0.2) is 48.5 Å². The predicted molar refractivity (Wildman–Crippen MR) is 125 cm³/mol. The van der Waals surface area contributed by atoms with E-state index in [1.165, 1.54) is 0 Å². The molecular formula is C26H30N2O6. The van der Waals surface area contributed by atoms with E-state index in [0.29, 0.717) is 6.54 Å². The summed E-state index contributed by atoms with van der Waals surface area (Å²) >= 11 is 0. The van der Waals surface area contributed by atoms with Crippen molar-refractivity contribution in [2.45, 2.75) is 37.7 Å². The number of carbonyl (C=O) groups excluding carboxylic acids is 2. The molecule has 0 aliphatic heterocycles. The normalized spacial score (nSPS) is 19.3. The number of carbonyl (C=O) groups is 3. The van der Waals surface area contributed by atoms with Crippen molar-refractivity contribution < 1.29 is 29.3 Å². The fourth-order valence-corrected chi connectivity index (χ4v) is 4.92. The number of nitrogens with one attached hydrogen (secondary N) is 2. The molecule has 0 bridgehead atoms. The van der Waals surface area contributed by atoms with E-state index in [1.54, 1.807) is 0 Å². The summed E-state index contributed by atoms with van der Waals surface area (Å²) in [7, 11) is 0. The number of carboxylic acids is 1. The Morgan fingerprint density at radius 2 is 1.56 bits per heavy atom. The van der Waals surface area contributed by atoms with Crippen LogP contribution in [0.25, 0.3) is 11.1 Å². The molecule has 0 radical (unpaired) electrons. The summed E-state index contributed by atoms with van der Waals surface area (Å²) in [5.74, 6) is -0.672. The summed E-state index contributed by atoms with van der Waals surface area (Å²) in [6, 6.07) is 16.1. The van der Waals surface area contributed by atoms with Crippen molar-refractivity contribution in [3.63, 3.8) is 0 Å². The number of rotatable bonds is 10. The Labute approximate surface area is 198 Å². The number of aliphatic hydroxyl groups is 1. The molecule has 4 rings (SSSR count). The molecule has 1 saturated carbocycles. The molecule has 4 N–H and O–H groups in total. The van der Waals surface area contributed by atoms with Gasteiger partial charge in [-0.05, 0) is 46.9 Å². The summed E-state index contributed by atoms with van der Waals surface area (Å²) in [5.41, 5.74) is 4.53. The van der Waals surface area contributed by atoms with E-state index < -0.39 is 18.2 Å². The van der Waals surface area contributed by atoms with Crippen LogP contribution in [-0.2, 0) is 14.3 Å². The molecule has 2 aromatic rings. The number of aliphatic carboxylic acids is 1. The van der Waals surface area contributed by atoms with Crippen molar-refractivity contribution in [2.75, 3.05) is 19.7 Å². The number of benzene rings is 2. The zero-order valence-corrected chi connectivity index (χ0v) is 18.9. The van der Waals surface area contributed by atoms with E-state index in [4.69, 9.17) is 9.84 Å². The Bertz CT molecular complexity index is 1000. The lowest BCUT2D eigenvalue weighted by Crippen LogP contribution is -2.40. The zero-order chi connectivity index (χ0) is 24.1. The van der Waals surface area contributed by atoms with Crippen molar-refractivity contribution in [1.29, 1.82) is 0 Å². The van der Waals surface area contributed by atoms with Gasteiger partial charge in [0.25, 0.3) is 0 Å². The van der Waals surface area contributed by atoms with Crippen LogP contribution in [-0.4, -0.2) is 54.0 Å². The average Bonchev–Trinajstić information content (AvgIpc) is 3.11. The van der Waals surface area contributed by atoms with Crippen LogP contribution in [0, 0.1) is 11.8 Å². The highest BCUT2D eigenvalue weighted by Crippen LogP contribution is 2.44. The fraction of sp³-hybridized carbons (Fsp3) is 0.423. The third-order valence-electron chi connectivity index (χ3n) is 6.63. The zero-order valence-electron chi connectivity index (χ0n) is 18.9. The molecule has 2 aliphatic rings. The van der Waals surface area contributed by atoms with Crippen LogP contribution in [0.5, 0.6) is 0 Å². The molecule has 0 spiro atoms. The quantitative estimate of drug-likeness (QED) is 0.427. The summed E-state index contributed by atoms with van der Waals surface area (Å²) in [6.45, 7) is 0.566. The van der Waals surface area contributed by atoms with Crippen molar-refractivity contribution in [3.05, 3.63) is 59.7 Å². The van der Waals surface area contributed by atoms with E-state index in [-0.39, 0.29) is 49.7 Å². The lowest BCUT2D eigenvalue weighted by molar-refractivity contribution is -0.139. The minimum atomic E-state index is -1.03. The van der Waals surface area contributed by atoms with Gasteiger partial charge in [-0.1, -0.05) is 48.5 Å². The van der Waals surface area contributed by atoms with Crippen LogP contribution in [0.4, 0.5) is 4.79 Å². The number of alkyl carbamates (subject to hydrolysis) is 1. The van der Waals surface area contributed by atoms with Gasteiger partial charge in [0.05, 0.1) is 12.5 Å². The first kappa shape index (κ1) is 23.8. The van der Waals surface area contributed by atoms with Crippen LogP contribution in [0.2, 0.25) is 0 Å². The Hall–Kier alpha value is -3.39. The van der Waals surface area contributed by atoms with Gasteiger partial charge in [0.2, 0.25) is 5.91 Å². The van der Waals surface area contributed by atoms with Gasteiger partial charge in [-0.15, -0.1) is 0 Å². The first-order valence-corrected chi connectivity index (χ1v) is 11.7. The van der Waals surface area contributed by atoms with E-state index in [2.05, 4.69) is 22.8 Å². The first-order valence-electron chi connectivity index (χ1n) is 11.7. The number of fused-ring (bicyclic) bond motifs is 3. The van der Waals surface area contributed by atoms with E-state index in [1.807, 2.05) is 36.4 Å². The maximum absolute atomic E-state index is 12.2. The Morgan fingerprint density at radius 3 is 2.18 bits per heavy atom. The lowest BCUT2D eigenvalue weighted by atomic mass is 9.73. The van der Waals surface area contributed by atoms with Gasteiger partial charge in [-0.2, -0.15) is 0 Å². The molecule has 8 nitrogen and oxygen atoms in total. The van der Waals surface area contributed by atoms with Crippen molar-refractivity contribution >= 4 is 18.0 Å². The highest BCUT2D eigenvalue weighted by atomic mass is 16.5. The standard InChI is InChI=1S/C26H30N2O6/c29-18(12-24(30)27-13-17-9-16(10-17)11-25(31)32)14-28-26(33)34-15-23-21-7-3-1-5-19(21)20-6-2-4-8-22(20)23/h1-8,16-18,23,29H,9-15H2,(H,27,30)(H,28,33)(H,31,32). The lowest BCUT2D eigenvalue weighted by Gasteiger charge is -2.34. The molecule has 1 fully saturated rings. The summed E-state index contributed by atoms with van der Waals surface area (Å²) in [4.78, 5) is 34.9. The van der Waals surface area contributed by atoms with Crippen LogP contribution >= 0.6 is 0 Å². The highest BCUT2D eigenvalue weighted by molar-refractivity contribution is 5.79. The maximum atomic E-state index is 12.2. The molecule has 2 aromatic carbocycles. The second-order valence-corrected chi connectivity index (χ2v) is 9.17. The minimum Gasteiger partial charge on any atom is -0.481 e. The number of ether oxygens (including phenoxy) is 1. The maximum Gasteiger partial charge on any atom is 0.407 e. The molecule has 1 unspecified atom stereocenters. The summed E-state index contributed by atoms with van der Waals surface area (Å²) < 4.78 is 5.43. The Kier molecular flexibility index (Phi) is 7.47. The summed E-state index contributed by atoms with van der Waals surface area (Å²) in [5, 5.41) is 24.2. The van der Waals surface area contributed by atoms with E-state index >= 15 is 0 Å². The summed E-state index contributed by atoms with van der Waals surface area (Å²) in [6.07, 6.45) is -0.0433. The smallest absolute Gasteiger partial charge is 0.407 e. The number of hydrogen-bond acceptors (Lipinski definition) is 5. The molecule has 34 heavy (non-hydrogen) atoms. The molecule has 180 valence electrons. The molecule has 0 heterocycles. The van der Waals surface area contributed by atoms with E-state index in [0.717, 1.165) is 35.1 Å². The Balaban J connectivity index is 1.15. The monoisotopic (exact) mass is 466 g/mol. The number of aliphatic hydroxyl groups excluding tert-OH is 1. The molecule has 0 aromatic heterocycles.